The second kappa shape index (κ2) is 8.58. The lowest BCUT2D eigenvalue weighted by Gasteiger charge is -2.16. The summed E-state index contributed by atoms with van der Waals surface area (Å²) in [5.74, 6) is 2.32. The molecule has 0 aromatic heterocycles. The summed E-state index contributed by atoms with van der Waals surface area (Å²) in [4.78, 5) is 14.1. The number of carbonyl (C=O) groups excluding carboxylic acids is 1. The van der Waals surface area contributed by atoms with E-state index in [1.807, 2.05) is 61.3 Å². The lowest BCUT2D eigenvalue weighted by Crippen LogP contribution is -2.34. The van der Waals surface area contributed by atoms with E-state index >= 15 is 0 Å². The molecule has 2 aromatic rings. The summed E-state index contributed by atoms with van der Waals surface area (Å²) >= 11 is 0. The van der Waals surface area contributed by atoms with E-state index < -0.39 is 0 Å². The molecule has 0 saturated carbocycles. The molecule has 138 valence electrons. The van der Waals surface area contributed by atoms with Crippen LogP contribution in [0.4, 0.5) is 0 Å². The predicted molar refractivity (Wildman–Crippen MR) is 98.4 cm³/mol. The molecule has 0 aliphatic carbocycles. The van der Waals surface area contributed by atoms with Gasteiger partial charge in [0.25, 0.3) is 0 Å². The van der Waals surface area contributed by atoms with Crippen LogP contribution in [0.15, 0.2) is 42.5 Å². The third-order valence-electron chi connectivity index (χ3n) is 4.03. The van der Waals surface area contributed by atoms with Gasteiger partial charge in [0.1, 0.15) is 5.75 Å². The third-order valence-corrected chi connectivity index (χ3v) is 4.03. The van der Waals surface area contributed by atoms with E-state index in [0.717, 1.165) is 28.4 Å². The first-order valence-electron chi connectivity index (χ1n) is 8.69. The molecule has 0 radical (unpaired) electrons. The lowest BCUT2D eigenvalue weighted by molar-refractivity contribution is -0.122. The van der Waals surface area contributed by atoms with Crippen LogP contribution in [0.5, 0.6) is 17.2 Å². The molecule has 26 heavy (non-hydrogen) atoms. The van der Waals surface area contributed by atoms with Crippen LogP contribution in [-0.4, -0.2) is 37.8 Å². The van der Waals surface area contributed by atoms with Crippen molar-refractivity contribution < 1.29 is 19.0 Å². The Morgan fingerprint density at radius 2 is 1.85 bits per heavy atom. The molecule has 1 heterocycles. The molecule has 0 bridgehead atoms. The Bertz CT molecular complexity index is 746. The van der Waals surface area contributed by atoms with Crippen molar-refractivity contribution in [2.75, 3.05) is 27.0 Å². The van der Waals surface area contributed by atoms with Crippen LogP contribution >= 0.6 is 0 Å². The Kier molecular flexibility index (Phi) is 5.96. The second-order valence-electron chi connectivity index (χ2n) is 6.21. The van der Waals surface area contributed by atoms with Crippen LogP contribution in [-0.2, 0) is 17.9 Å². The Morgan fingerprint density at radius 3 is 2.62 bits per heavy atom. The van der Waals surface area contributed by atoms with Crippen molar-refractivity contribution in [2.24, 2.45) is 0 Å². The van der Waals surface area contributed by atoms with Crippen LogP contribution in [0.25, 0.3) is 0 Å². The van der Waals surface area contributed by atoms with E-state index in [0.29, 0.717) is 26.2 Å². The number of likely N-dealkylation sites (N-methyl/N-ethyl adjacent to an activating group) is 1. The first-order valence-corrected chi connectivity index (χ1v) is 8.69. The molecule has 0 unspecified atom stereocenters. The number of rotatable bonds is 8. The summed E-state index contributed by atoms with van der Waals surface area (Å²) in [6.45, 7) is 4.36. The molecular formula is C20H24N2O4. The molecule has 6 heteroatoms. The normalized spacial score (nSPS) is 12.3. The molecule has 6 nitrogen and oxygen atoms in total. The van der Waals surface area contributed by atoms with E-state index in [9.17, 15) is 4.79 Å². The topological polar surface area (TPSA) is 60.0 Å². The van der Waals surface area contributed by atoms with E-state index in [1.54, 1.807) is 0 Å². The van der Waals surface area contributed by atoms with Gasteiger partial charge in [-0.2, -0.15) is 0 Å². The number of ether oxygens (including phenoxy) is 3. The SMILES string of the molecule is CCOc1ccc(CN(C)CC(=O)NCc2ccc3c(c2)OCO3)cc1. The average Bonchev–Trinajstić information content (AvgIpc) is 3.09. The summed E-state index contributed by atoms with van der Waals surface area (Å²) in [7, 11) is 1.93. The third kappa shape index (κ3) is 4.89. The number of benzene rings is 2. The summed E-state index contributed by atoms with van der Waals surface area (Å²) < 4.78 is 16.1. The summed E-state index contributed by atoms with van der Waals surface area (Å²) in [6.07, 6.45) is 0. The number of hydrogen-bond donors (Lipinski definition) is 1. The maximum absolute atomic E-state index is 12.2. The predicted octanol–water partition coefficient (Wildman–Crippen LogP) is 2.56. The van der Waals surface area contributed by atoms with Crippen molar-refractivity contribution in [3.05, 3.63) is 53.6 Å². The minimum atomic E-state index is -0.0175. The molecule has 0 spiro atoms. The highest BCUT2D eigenvalue weighted by Crippen LogP contribution is 2.32. The lowest BCUT2D eigenvalue weighted by atomic mass is 10.2. The fraction of sp³-hybridized carbons (Fsp3) is 0.350. The molecule has 0 saturated heterocycles. The first-order chi connectivity index (χ1) is 12.6. The van der Waals surface area contributed by atoms with Crippen LogP contribution in [0.3, 0.4) is 0 Å². The monoisotopic (exact) mass is 356 g/mol. The van der Waals surface area contributed by atoms with Gasteiger partial charge >= 0.3 is 0 Å². The Balaban J connectivity index is 1.43. The van der Waals surface area contributed by atoms with Gasteiger partial charge in [0.2, 0.25) is 12.7 Å². The van der Waals surface area contributed by atoms with Crippen LogP contribution in [0.1, 0.15) is 18.1 Å². The van der Waals surface area contributed by atoms with E-state index in [2.05, 4.69) is 5.32 Å². The maximum atomic E-state index is 12.2. The van der Waals surface area contributed by atoms with Crippen molar-refractivity contribution in [1.29, 1.82) is 0 Å². The molecule has 1 aliphatic rings. The molecule has 2 aromatic carbocycles. The second-order valence-corrected chi connectivity index (χ2v) is 6.21. The number of hydrogen-bond acceptors (Lipinski definition) is 5. The van der Waals surface area contributed by atoms with Crippen LogP contribution in [0.2, 0.25) is 0 Å². The summed E-state index contributed by atoms with van der Waals surface area (Å²) in [5.41, 5.74) is 2.12. The summed E-state index contributed by atoms with van der Waals surface area (Å²) in [6, 6.07) is 13.6. The smallest absolute Gasteiger partial charge is 0.234 e. The number of carbonyl (C=O) groups is 1. The minimum absolute atomic E-state index is 0.0175. The quantitative estimate of drug-likeness (QED) is 0.788. The van der Waals surface area contributed by atoms with Crippen molar-refractivity contribution in [2.45, 2.75) is 20.0 Å². The van der Waals surface area contributed by atoms with E-state index in [4.69, 9.17) is 14.2 Å². The van der Waals surface area contributed by atoms with E-state index in [1.165, 1.54) is 0 Å². The van der Waals surface area contributed by atoms with Gasteiger partial charge in [-0.15, -0.1) is 0 Å². The zero-order valence-corrected chi connectivity index (χ0v) is 15.2. The number of nitrogens with one attached hydrogen (secondary N) is 1. The fourth-order valence-electron chi connectivity index (χ4n) is 2.78. The van der Waals surface area contributed by atoms with Gasteiger partial charge in [-0.25, -0.2) is 0 Å². The molecule has 1 aliphatic heterocycles. The number of fused-ring (bicyclic) bond motifs is 1. The molecule has 3 rings (SSSR count). The van der Waals surface area contributed by atoms with Crippen molar-refractivity contribution in [1.82, 2.24) is 10.2 Å². The number of nitrogens with zero attached hydrogens (tertiary/aromatic N) is 1. The average molecular weight is 356 g/mol. The largest absolute Gasteiger partial charge is 0.494 e. The van der Waals surface area contributed by atoms with Gasteiger partial charge in [0.05, 0.1) is 13.2 Å². The highest BCUT2D eigenvalue weighted by molar-refractivity contribution is 5.78. The van der Waals surface area contributed by atoms with Gasteiger partial charge in [0, 0.05) is 13.1 Å². The molecular weight excluding hydrogens is 332 g/mol. The zero-order valence-electron chi connectivity index (χ0n) is 15.2. The van der Waals surface area contributed by atoms with Gasteiger partial charge in [-0.3, -0.25) is 9.69 Å². The van der Waals surface area contributed by atoms with Gasteiger partial charge < -0.3 is 19.5 Å². The first kappa shape index (κ1) is 18.1. The number of amides is 1. The molecule has 0 atom stereocenters. The Hall–Kier alpha value is -2.73. The van der Waals surface area contributed by atoms with Crippen molar-refractivity contribution in [3.63, 3.8) is 0 Å². The van der Waals surface area contributed by atoms with Crippen LogP contribution in [0, 0.1) is 0 Å². The highest BCUT2D eigenvalue weighted by Gasteiger charge is 2.13. The standard InChI is InChI=1S/C20H24N2O4/c1-3-24-17-7-4-15(5-8-17)12-22(2)13-20(23)21-11-16-6-9-18-19(10-16)26-14-25-18/h4-10H,3,11-14H2,1-2H3,(H,21,23). The molecule has 1 amide bonds. The zero-order chi connectivity index (χ0) is 18.4. The van der Waals surface area contributed by atoms with Gasteiger partial charge in [0.15, 0.2) is 11.5 Å². The van der Waals surface area contributed by atoms with Gasteiger partial charge in [-0.05, 0) is 49.4 Å². The van der Waals surface area contributed by atoms with Crippen molar-refractivity contribution in [3.8, 4) is 17.2 Å². The minimum Gasteiger partial charge on any atom is -0.494 e. The Labute approximate surface area is 153 Å². The van der Waals surface area contributed by atoms with Crippen molar-refractivity contribution >= 4 is 5.91 Å². The Morgan fingerprint density at radius 1 is 1.12 bits per heavy atom. The molecule has 1 N–H and O–H groups in total. The summed E-state index contributed by atoms with van der Waals surface area (Å²) in [5, 5.41) is 2.94. The highest BCUT2D eigenvalue weighted by atomic mass is 16.7. The fourth-order valence-corrected chi connectivity index (χ4v) is 2.78. The molecule has 0 fully saturated rings. The van der Waals surface area contributed by atoms with Gasteiger partial charge in [-0.1, -0.05) is 18.2 Å². The van der Waals surface area contributed by atoms with Crippen LogP contribution < -0.4 is 19.5 Å². The van der Waals surface area contributed by atoms with E-state index in [-0.39, 0.29) is 12.7 Å². The maximum Gasteiger partial charge on any atom is 0.234 e.